The number of amides is 1. The highest BCUT2D eigenvalue weighted by molar-refractivity contribution is 7.15. The highest BCUT2D eigenvalue weighted by Gasteiger charge is 2.43. The number of anilines is 1. The quantitative estimate of drug-likeness (QED) is 0.827. The van der Waals surface area contributed by atoms with E-state index in [-0.39, 0.29) is 11.3 Å². The first kappa shape index (κ1) is 20.2. The number of aromatic nitrogens is 3. The molecule has 2 saturated heterocycles. The van der Waals surface area contributed by atoms with Gasteiger partial charge in [-0.25, -0.2) is 0 Å². The third-order valence-electron chi connectivity index (χ3n) is 5.96. The molecule has 2 fully saturated rings. The molecule has 7 nitrogen and oxygen atoms in total. The maximum absolute atomic E-state index is 12.9. The lowest BCUT2D eigenvalue weighted by Crippen LogP contribution is -2.55. The lowest BCUT2D eigenvalue weighted by atomic mass is 9.71. The summed E-state index contributed by atoms with van der Waals surface area (Å²) in [6.07, 6.45) is 6.40. The molecular weight excluding hydrogens is 386 g/mol. The van der Waals surface area contributed by atoms with Crippen LogP contribution in [0.5, 0.6) is 0 Å². The minimum atomic E-state index is -0.477. The molecule has 1 N–H and O–H groups in total. The molecule has 1 atom stereocenters. The SMILES string of the molecule is CC(C)Cc1nnc(N2CCC3(CC2)CC(O)CN(C(=O)c2cccnc2)C3)s1. The van der Waals surface area contributed by atoms with E-state index in [1.54, 1.807) is 35.9 Å². The van der Waals surface area contributed by atoms with Crippen LogP contribution < -0.4 is 4.90 Å². The van der Waals surface area contributed by atoms with Crippen molar-refractivity contribution in [1.29, 1.82) is 0 Å². The maximum atomic E-state index is 12.9. The number of likely N-dealkylation sites (tertiary alicyclic amines) is 1. The fourth-order valence-electron chi connectivity index (χ4n) is 4.52. The molecule has 1 amide bonds. The van der Waals surface area contributed by atoms with Crippen LogP contribution in [0.1, 0.15) is 48.5 Å². The van der Waals surface area contributed by atoms with Gasteiger partial charge in [0.2, 0.25) is 5.13 Å². The fraction of sp³-hybridized carbons (Fsp3) is 0.619. The Bertz CT molecular complexity index is 833. The summed E-state index contributed by atoms with van der Waals surface area (Å²) < 4.78 is 0. The second kappa shape index (κ2) is 8.36. The summed E-state index contributed by atoms with van der Waals surface area (Å²) in [7, 11) is 0. The van der Waals surface area contributed by atoms with E-state index in [4.69, 9.17) is 0 Å². The molecule has 0 saturated carbocycles. The highest BCUT2D eigenvalue weighted by Crippen LogP contribution is 2.41. The molecule has 1 unspecified atom stereocenters. The molecule has 4 heterocycles. The number of rotatable bonds is 4. The number of pyridine rings is 1. The van der Waals surface area contributed by atoms with Gasteiger partial charge in [0, 0.05) is 45.0 Å². The maximum Gasteiger partial charge on any atom is 0.255 e. The molecule has 29 heavy (non-hydrogen) atoms. The number of piperidine rings is 2. The summed E-state index contributed by atoms with van der Waals surface area (Å²) in [6.45, 7) is 7.25. The smallest absolute Gasteiger partial charge is 0.255 e. The second-order valence-corrected chi connectivity index (χ2v) is 9.89. The van der Waals surface area contributed by atoms with Crippen LogP contribution in [-0.4, -0.2) is 63.4 Å². The zero-order chi connectivity index (χ0) is 20.4. The summed E-state index contributed by atoms with van der Waals surface area (Å²) in [5.41, 5.74) is 0.554. The Morgan fingerprint density at radius 3 is 2.83 bits per heavy atom. The van der Waals surface area contributed by atoms with E-state index in [1.807, 2.05) is 4.90 Å². The molecule has 2 aliphatic rings. The molecule has 1 spiro atoms. The number of nitrogens with zero attached hydrogens (tertiary/aromatic N) is 5. The number of hydrogen-bond acceptors (Lipinski definition) is 7. The van der Waals surface area contributed by atoms with Crippen molar-refractivity contribution in [1.82, 2.24) is 20.1 Å². The number of carbonyl (C=O) groups excluding carboxylic acids is 1. The third-order valence-corrected chi connectivity index (χ3v) is 6.96. The number of β-amino-alcohol motifs (C(OH)–C–C–N with tert-alkyl or cyclic N) is 1. The lowest BCUT2D eigenvalue weighted by Gasteiger charge is -2.49. The summed E-state index contributed by atoms with van der Waals surface area (Å²) in [6, 6.07) is 3.56. The standard InChI is InChI=1S/C21H29N5O2S/c1-15(2)10-18-23-24-20(29-18)25-8-5-21(6-9-25)11-17(27)13-26(14-21)19(28)16-4-3-7-22-12-16/h3-4,7,12,15,17,27H,5-6,8-11,13-14H2,1-2H3. The van der Waals surface area contributed by atoms with E-state index in [0.29, 0.717) is 24.6 Å². The van der Waals surface area contributed by atoms with Gasteiger partial charge in [-0.15, -0.1) is 10.2 Å². The Labute approximate surface area is 175 Å². The third kappa shape index (κ3) is 4.59. The Morgan fingerprint density at radius 2 is 2.14 bits per heavy atom. The van der Waals surface area contributed by atoms with Gasteiger partial charge >= 0.3 is 0 Å². The van der Waals surface area contributed by atoms with Gasteiger partial charge in [-0.2, -0.15) is 0 Å². The molecular formula is C21H29N5O2S. The van der Waals surface area contributed by atoms with E-state index >= 15 is 0 Å². The van der Waals surface area contributed by atoms with Crippen molar-refractivity contribution in [2.75, 3.05) is 31.1 Å². The van der Waals surface area contributed by atoms with Crippen LogP contribution in [0.25, 0.3) is 0 Å². The van der Waals surface area contributed by atoms with E-state index in [2.05, 4.69) is 33.9 Å². The zero-order valence-corrected chi connectivity index (χ0v) is 17.9. The van der Waals surface area contributed by atoms with Crippen LogP contribution in [0.15, 0.2) is 24.5 Å². The van der Waals surface area contributed by atoms with Gasteiger partial charge in [0.05, 0.1) is 11.7 Å². The minimum Gasteiger partial charge on any atom is -0.391 e. The summed E-state index contributed by atoms with van der Waals surface area (Å²) in [5, 5.41) is 21.4. The van der Waals surface area contributed by atoms with Crippen LogP contribution >= 0.6 is 11.3 Å². The number of aliphatic hydroxyl groups excluding tert-OH is 1. The first-order valence-electron chi connectivity index (χ1n) is 10.4. The fourth-order valence-corrected chi connectivity index (χ4v) is 5.62. The van der Waals surface area contributed by atoms with Crippen LogP contribution in [0.2, 0.25) is 0 Å². The van der Waals surface area contributed by atoms with Crippen LogP contribution in [0.4, 0.5) is 5.13 Å². The van der Waals surface area contributed by atoms with Gasteiger partial charge in [0.1, 0.15) is 5.01 Å². The minimum absolute atomic E-state index is 0.0303. The van der Waals surface area contributed by atoms with Gasteiger partial charge in [0.15, 0.2) is 0 Å². The van der Waals surface area contributed by atoms with E-state index in [0.717, 1.165) is 48.9 Å². The van der Waals surface area contributed by atoms with Gasteiger partial charge in [0.25, 0.3) is 5.91 Å². The Morgan fingerprint density at radius 1 is 1.34 bits per heavy atom. The average molecular weight is 416 g/mol. The van der Waals surface area contributed by atoms with Gasteiger partial charge in [-0.05, 0) is 42.7 Å². The molecule has 0 aromatic carbocycles. The van der Waals surface area contributed by atoms with Crippen molar-refractivity contribution < 1.29 is 9.90 Å². The number of aliphatic hydroxyl groups is 1. The Kier molecular flexibility index (Phi) is 5.83. The van der Waals surface area contributed by atoms with Gasteiger partial charge < -0.3 is 14.9 Å². The molecule has 0 aliphatic carbocycles. The Balaban J connectivity index is 1.41. The van der Waals surface area contributed by atoms with Crippen molar-refractivity contribution in [2.24, 2.45) is 11.3 Å². The second-order valence-electron chi connectivity index (χ2n) is 8.85. The molecule has 2 aromatic rings. The zero-order valence-electron chi connectivity index (χ0n) is 17.1. The average Bonchev–Trinajstić information content (AvgIpc) is 3.15. The number of carbonyl (C=O) groups is 1. The molecule has 2 aliphatic heterocycles. The van der Waals surface area contributed by atoms with Crippen LogP contribution in [0, 0.1) is 11.3 Å². The van der Waals surface area contributed by atoms with E-state index < -0.39 is 6.10 Å². The number of hydrogen-bond donors (Lipinski definition) is 1. The van der Waals surface area contributed by atoms with Crippen LogP contribution in [-0.2, 0) is 6.42 Å². The van der Waals surface area contributed by atoms with E-state index in [1.165, 1.54) is 0 Å². The molecule has 156 valence electrons. The van der Waals surface area contributed by atoms with Gasteiger partial charge in [-0.1, -0.05) is 25.2 Å². The lowest BCUT2D eigenvalue weighted by molar-refractivity contribution is -0.0150. The summed E-state index contributed by atoms with van der Waals surface area (Å²) in [5.74, 6) is 0.536. The first-order valence-corrected chi connectivity index (χ1v) is 11.2. The molecule has 0 radical (unpaired) electrons. The monoisotopic (exact) mass is 415 g/mol. The normalized spacial score (nSPS) is 21.7. The van der Waals surface area contributed by atoms with Crippen molar-refractivity contribution in [3.8, 4) is 0 Å². The van der Waals surface area contributed by atoms with E-state index in [9.17, 15) is 9.90 Å². The largest absolute Gasteiger partial charge is 0.391 e. The molecule has 0 bridgehead atoms. The topological polar surface area (TPSA) is 82.5 Å². The molecule has 2 aromatic heterocycles. The predicted molar refractivity (Wildman–Crippen MR) is 113 cm³/mol. The summed E-state index contributed by atoms with van der Waals surface area (Å²) in [4.78, 5) is 21.1. The predicted octanol–water partition coefficient (Wildman–Crippen LogP) is 2.63. The van der Waals surface area contributed by atoms with Crippen molar-refractivity contribution in [2.45, 2.75) is 45.6 Å². The van der Waals surface area contributed by atoms with Crippen LogP contribution in [0.3, 0.4) is 0 Å². The summed E-state index contributed by atoms with van der Waals surface area (Å²) >= 11 is 1.69. The first-order chi connectivity index (χ1) is 13.9. The van der Waals surface area contributed by atoms with Crippen molar-refractivity contribution >= 4 is 22.4 Å². The highest BCUT2D eigenvalue weighted by atomic mass is 32.1. The molecule has 8 heteroatoms. The van der Waals surface area contributed by atoms with Crippen molar-refractivity contribution in [3.63, 3.8) is 0 Å². The van der Waals surface area contributed by atoms with Gasteiger partial charge in [-0.3, -0.25) is 9.78 Å². The molecule has 4 rings (SSSR count). The Hall–Kier alpha value is -2.06. The van der Waals surface area contributed by atoms with Crippen molar-refractivity contribution in [3.05, 3.63) is 35.1 Å².